The number of rotatable bonds is 6. The molecule has 0 bridgehead atoms. The summed E-state index contributed by atoms with van der Waals surface area (Å²) in [6.07, 6.45) is -9.16. The molecule has 0 aliphatic carbocycles. The first kappa shape index (κ1) is 30.6. The van der Waals surface area contributed by atoms with E-state index in [0.717, 1.165) is 11.4 Å². The molecule has 2 aromatic heterocycles. The topological polar surface area (TPSA) is 66.9 Å². The van der Waals surface area contributed by atoms with Crippen molar-refractivity contribution in [1.29, 1.82) is 0 Å². The van der Waals surface area contributed by atoms with E-state index < -0.39 is 34.7 Å². The number of anilines is 2. The van der Waals surface area contributed by atoms with E-state index in [4.69, 9.17) is 8.83 Å². The minimum Gasteiger partial charge on any atom is -0.423 e. The molecule has 2 heterocycles. The molecule has 0 saturated carbocycles. The van der Waals surface area contributed by atoms with Crippen molar-refractivity contribution < 1.29 is 35.2 Å². The molecule has 40 heavy (non-hydrogen) atoms. The van der Waals surface area contributed by atoms with Gasteiger partial charge in [0.05, 0.1) is 11.1 Å². The number of hydrogen-bond acceptors (Lipinski definition) is 6. The Morgan fingerprint density at radius 3 is 1.18 bits per heavy atom. The zero-order chi connectivity index (χ0) is 29.8. The standard InChI is InChI=1S/2C14H14F3NO2/c2*1-3-18(4-2)9-5-6-10-11(14(15,16)17)8-13(19)20-12(10)7-9/h2*5-8H,3-4H2,1-2H3. The molecular formula is C28H28F6N2O4. The van der Waals surface area contributed by atoms with Crippen molar-refractivity contribution in [2.24, 2.45) is 0 Å². The molecule has 216 valence electrons. The van der Waals surface area contributed by atoms with Crippen LogP contribution < -0.4 is 21.1 Å². The van der Waals surface area contributed by atoms with Crippen molar-refractivity contribution >= 4 is 33.3 Å². The molecule has 0 radical (unpaired) electrons. The Hall–Kier alpha value is -3.96. The lowest BCUT2D eigenvalue weighted by Crippen LogP contribution is -2.21. The predicted octanol–water partition coefficient (Wildman–Crippen LogP) is 7.32. The molecule has 12 heteroatoms. The van der Waals surface area contributed by atoms with Crippen molar-refractivity contribution in [3.63, 3.8) is 0 Å². The molecule has 0 aliphatic rings. The van der Waals surface area contributed by atoms with Crippen LogP contribution in [0.4, 0.5) is 37.7 Å². The van der Waals surface area contributed by atoms with Crippen LogP contribution in [0.3, 0.4) is 0 Å². The first-order chi connectivity index (χ1) is 18.7. The highest BCUT2D eigenvalue weighted by atomic mass is 19.4. The lowest BCUT2D eigenvalue weighted by atomic mass is 10.1. The first-order valence-corrected chi connectivity index (χ1v) is 12.5. The fraction of sp³-hybridized carbons (Fsp3) is 0.357. The molecular weight excluding hydrogens is 542 g/mol. The van der Waals surface area contributed by atoms with Gasteiger partial charge in [-0.2, -0.15) is 26.3 Å². The third-order valence-electron chi connectivity index (χ3n) is 6.32. The predicted molar refractivity (Wildman–Crippen MR) is 142 cm³/mol. The third-order valence-corrected chi connectivity index (χ3v) is 6.32. The Kier molecular flexibility index (Phi) is 9.21. The molecule has 0 amide bonds. The quantitative estimate of drug-likeness (QED) is 0.179. The SMILES string of the molecule is CCN(CC)c1ccc2c(C(F)(F)F)cc(=O)oc2c1.CCN(CC)c1ccc2c(C(F)(F)F)cc(=O)oc2c1. The molecule has 2 aromatic carbocycles. The second kappa shape index (κ2) is 12.1. The van der Waals surface area contributed by atoms with E-state index in [-0.39, 0.29) is 21.9 Å². The molecule has 0 saturated heterocycles. The van der Waals surface area contributed by atoms with Crippen molar-refractivity contribution in [2.45, 2.75) is 40.0 Å². The van der Waals surface area contributed by atoms with Crippen LogP contribution in [0.1, 0.15) is 38.8 Å². The number of alkyl halides is 6. The van der Waals surface area contributed by atoms with Gasteiger partial charge in [-0.3, -0.25) is 0 Å². The largest absolute Gasteiger partial charge is 0.423 e. The van der Waals surface area contributed by atoms with Crippen molar-refractivity contribution in [3.05, 3.63) is 80.5 Å². The monoisotopic (exact) mass is 570 g/mol. The summed E-state index contributed by atoms with van der Waals surface area (Å²) in [6.45, 7) is 10.6. The first-order valence-electron chi connectivity index (χ1n) is 12.5. The van der Waals surface area contributed by atoms with E-state index in [1.165, 1.54) is 24.3 Å². The van der Waals surface area contributed by atoms with Gasteiger partial charge in [0.1, 0.15) is 11.2 Å². The Bertz CT molecular complexity index is 1460. The fourth-order valence-electron chi connectivity index (χ4n) is 4.34. The van der Waals surface area contributed by atoms with Crippen molar-refractivity contribution in [2.75, 3.05) is 36.0 Å². The Morgan fingerprint density at radius 1 is 0.575 bits per heavy atom. The summed E-state index contributed by atoms with van der Waals surface area (Å²) in [5, 5.41) is -0.207. The highest BCUT2D eigenvalue weighted by Gasteiger charge is 2.34. The highest BCUT2D eigenvalue weighted by Crippen LogP contribution is 2.36. The fourth-order valence-corrected chi connectivity index (χ4v) is 4.34. The minimum absolute atomic E-state index is 0.0470. The van der Waals surface area contributed by atoms with Crippen LogP contribution in [0.25, 0.3) is 21.9 Å². The van der Waals surface area contributed by atoms with Gasteiger partial charge >= 0.3 is 23.6 Å². The Labute approximate surface area is 225 Å². The van der Waals surface area contributed by atoms with E-state index >= 15 is 0 Å². The zero-order valence-corrected chi connectivity index (χ0v) is 22.2. The van der Waals surface area contributed by atoms with Gasteiger partial charge in [-0.1, -0.05) is 0 Å². The highest BCUT2D eigenvalue weighted by molar-refractivity contribution is 5.85. The summed E-state index contributed by atoms with van der Waals surface area (Å²) >= 11 is 0. The summed E-state index contributed by atoms with van der Waals surface area (Å²) < 4.78 is 87.2. The summed E-state index contributed by atoms with van der Waals surface area (Å²) in [6, 6.07) is 9.80. The second-order valence-electron chi connectivity index (χ2n) is 8.66. The maximum atomic E-state index is 12.9. The normalized spacial score (nSPS) is 11.8. The second-order valence-corrected chi connectivity index (χ2v) is 8.66. The molecule has 6 nitrogen and oxygen atoms in total. The zero-order valence-electron chi connectivity index (χ0n) is 22.2. The van der Waals surface area contributed by atoms with E-state index in [9.17, 15) is 35.9 Å². The van der Waals surface area contributed by atoms with Crippen LogP contribution in [0.15, 0.2) is 67.0 Å². The molecule has 0 fully saturated rings. The maximum Gasteiger partial charge on any atom is 0.417 e. The van der Waals surface area contributed by atoms with Gasteiger partial charge in [-0.25, -0.2) is 9.59 Å². The molecule has 0 N–H and O–H groups in total. The van der Waals surface area contributed by atoms with Gasteiger partial charge in [0.2, 0.25) is 0 Å². The lowest BCUT2D eigenvalue weighted by molar-refractivity contribution is -0.137. The van der Waals surface area contributed by atoms with Gasteiger partial charge in [-0.15, -0.1) is 0 Å². The van der Waals surface area contributed by atoms with E-state index in [0.29, 0.717) is 38.3 Å². The van der Waals surface area contributed by atoms with Crippen LogP contribution in [0, 0.1) is 0 Å². The molecule has 4 rings (SSSR count). The van der Waals surface area contributed by atoms with Crippen LogP contribution >= 0.6 is 0 Å². The van der Waals surface area contributed by atoms with Crippen LogP contribution in [0.5, 0.6) is 0 Å². The maximum absolute atomic E-state index is 12.9. The minimum atomic E-state index is -4.58. The van der Waals surface area contributed by atoms with Gasteiger partial charge < -0.3 is 18.6 Å². The van der Waals surface area contributed by atoms with E-state index in [1.807, 2.05) is 37.5 Å². The molecule has 4 aromatic rings. The van der Waals surface area contributed by atoms with E-state index in [1.54, 1.807) is 12.1 Å². The molecule has 0 atom stereocenters. The van der Waals surface area contributed by atoms with Crippen LogP contribution in [-0.2, 0) is 12.4 Å². The number of fused-ring (bicyclic) bond motifs is 2. The van der Waals surface area contributed by atoms with Crippen molar-refractivity contribution in [3.8, 4) is 0 Å². The molecule has 0 spiro atoms. The summed E-state index contributed by atoms with van der Waals surface area (Å²) in [5.74, 6) is 0. The molecule has 0 aliphatic heterocycles. The number of benzene rings is 2. The van der Waals surface area contributed by atoms with Gasteiger partial charge in [0.25, 0.3) is 0 Å². The van der Waals surface area contributed by atoms with E-state index in [2.05, 4.69) is 0 Å². The van der Waals surface area contributed by atoms with Crippen molar-refractivity contribution in [1.82, 2.24) is 0 Å². The Morgan fingerprint density at radius 2 is 0.900 bits per heavy atom. The molecule has 0 unspecified atom stereocenters. The van der Waals surface area contributed by atoms with Crippen LogP contribution in [-0.4, -0.2) is 26.2 Å². The number of halogens is 6. The smallest absolute Gasteiger partial charge is 0.417 e. The van der Waals surface area contributed by atoms with Gasteiger partial charge in [0, 0.05) is 72.6 Å². The summed E-state index contributed by atoms with van der Waals surface area (Å²) in [7, 11) is 0. The summed E-state index contributed by atoms with van der Waals surface area (Å²) in [4.78, 5) is 26.5. The van der Waals surface area contributed by atoms with Crippen LogP contribution in [0.2, 0.25) is 0 Å². The summed E-state index contributed by atoms with van der Waals surface area (Å²) in [5.41, 5.74) is -2.56. The lowest BCUT2D eigenvalue weighted by Gasteiger charge is -2.21. The average Bonchev–Trinajstić information content (AvgIpc) is 2.88. The van der Waals surface area contributed by atoms with Gasteiger partial charge in [-0.05, 0) is 52.0 Å². The number of hydrogen-bond donors (Lipinski definition) is 0. The Balaban J connectivity index is 0.000000220. The number of nitrogens with zero attached hydrogens (tertiary/aromatic N) is 2. The average molecular weight is 571 g/mol. The van der Waals surface area contributed by atoms with Gasteiger partial charge in [0.15, 0.2) is 0 Å². The third kappa shape index (κ3) is 6.78.